The van der Waals surface area contributed by atoms with Gasteiger partial charge in [-0.3, -0.25) is 4.79 Å². The van der Waals surface area contributed by atoms with Gasteiger partial charge in [0.15, 0.2) is 0 Å². The molecule has 0 aromatic heterocycles. The van der Waals surface area contributed by atoms with E-state index in [1.165, 1.54) is 22.3 Å². The van der Waals surface area contributed by atoms with Crippen LogP contribution in [0.3, 0.4) is 0 Å². The molecule has 0 unspecified atom stereocenters. The Morgan fingerprint density at radius 1 is 1.47 bits per heavy atom. The zero-order valence-corrected chi connectivity index (χ0v) is 9.55. The minimum Gasteiger partial charge on any atom is -0.349 e. The van der Waals surface area contributed by atoms with Crippen LogP contribution in [-0.4, -0.2) is 5.91 Å². The third kappa shape index (κ3) is 1.76. The second kappa shape index (κ2) is 3.69. The van der Waals surface area contributed by atoms with Gasteiger partial charge >= 0.3 is 0 Å². The predicted molar refractivity (Wildman–Crippen MR) is 60.8 cm³/mol. The summed E-state index contributed by atoms with van der Waals surface area (Å²) in [7, 11) is 0. The summed E-state index contributed by atoms with van der Waals surface area (Å²) >= 11 is 0. The van der Waals surface area contributed by atoms with Crippen molar-refractivity contribution in [1.82, 2.24) is 5.32 Å². The van der Waals surface area contributed by atoms with Gasteiger partial charge in [-0.15, -0.1) is 0 Å². The summed E-state index contributed by atoms with van der Waals surface area (Å²) in [5.74, 6) is 0.144. The molecule has 15 heavy (non-hydrogen) atoms. The highest BCUT2D eigenvalue weighted by Crippen LogP contribution is 2.36. The van der Waals surface area contributed by atoms with Crippen LogP contribution in [0.5, 0.6) is 0 Å². The molecule has 1 atom stereocenters. The van der Waals surface area contributed by atoms with Gasteiger partial charge in [-0.25, -0.2) is 0 Å². The maximum Gasteiger partial charge on any atom is 0.220 e. The molecule has 1 N–H and O–H groups in total. The number of rotatable bonds is 2. The molecule has 0 saturated heterocycles. The number of benzene rings is 1. The van der Waals surface area contributed by atoms with E-state index in [0.717, 1.165) is 6.42 Å². The Kier molecular flexibility index (Phi) is 2.51. The van der Waals surface area contributed by atoms with Crippen molar-refractivity contribution in [2.75, 3.05) is 0 Å². The molecular weight excluding hydrogens is 186 g/mol. The quantitative estimate of drug-likeness (QED) is 0.785. The lowest BCUT2D eigenvalue weighted by Gasteiger charge is -2.33. The van der Waals surface area contributed by atoms with Crippen molar-refractivity contribution in [3.63, 3.8) is 0 Å². The Morgan fingerprint density at radius 2 is 2.20 bits per heavy atom. The Labute approximate surface area is 90.7 Å². The number of carbonyl (C=O) groups excluding carboxylic acids is 1. The van der Waals surface area contributed by atoms with E-state index in [4.69, 9.17) is 0 Å². The standard InChI is InChI=1S/C13H17NO/c1-4-12(15)14-11-7-10-6-8(2)5-9(3)13(10)11/h5-6,11H,4,7H2,1-3H3,(H,14,15)/t11-/m0/s1. The highest BCUT2D eigenvalue weighted by molar-refractivity contribution is 5.76. The molecule has 2 nitrogen and oxygen atoms in total. The molecule has 0 fully saturated rings. The zero-order valence-electron chi connectivity index (χ0n) is 9.55. The van der Waals surface area contributed by atoms with Crippen molar-refractivity contribution in [3.05, 3.63) is 34.4 Å². The van der Waals surface area contributed by atoms with Crippen LogP contribution in [0.2, 0.25) is 0 Å². The molecule has 0 saturated carbocycles. The van der Waals surface area contributed by atoms with Crippen LogP contribution < -0.4 is 5.32 Å². The summed E-state index contributed by atoms with van der Waals surface area (Å²) < 4.78 is 0. The summed E-state index contributed by atoms with van der Waals surface area (Å²) in [5.41, 5.74) is 5.35. The molecule has 0 bridgehead atoms. The van der Waals surface area contributed by atoms with Gasteiger partial charge in [-0.05, 0) is 37.0 Å². The molecule has 80 valence electrons. The minimum absolute atomic E-state index is 0.144. The van der Waals surface area contributed by atoms with Crippen molar-refractivity contribution in [3.8, 4) is 0 Å². The van der Waals surface area contributed by atoms with E-state index in [1.807, 2.05) is 6.92 Å². The van der Waals surface area contributed by atoms with Crippen LogP contribution in [0, 0.1) is 13.8 Å². The smallest absolute Gasteiger partial charge is 0.220 e. The molecule has 0 radical (unpaired) electrons. The van der Waals surface area contributed by atoms with E-state index in [2.05, 4.69) is 31.3 Å². The fraction of sp³-hybridized carbons (Fsp3) is 0.462. The van der Waals surface area contributed by atoms with E-state index >= 15 is 0 Å². The first-order valence-electron chi connectivity index (χ1n) is 5.51. The van der Waals surface area contributed by atoms with Gasteiger partial charge in [0.1, 0.15) is 0 Å². The van der Waals surface area contributed by atoms with Crippen LogP contribution in [0.1, 0.15) is 41.6 Å². The summed E-state index contributed by atoms with van der Waals surface area (Å²) in [6.07, 6.45) is 1.56. The number of carbonyl (C=O) groups is 1. The average Bonchev–Trinajstić information content (AvgIpc) is 2.13. The molecule has 2 rings (SSSR count). The second-order valence-corrected chi connectivity index (χ2v) is 4.33. The van der Waals surface area contributed by atoms with Crippen LogP contribution >= 0.6 is 0 Å². The molecule has 1 aliphatic carbocycles. The zero-order chi connectivity index (χ0) is 11.0. The molecule has 0 aliphatic heterocycles. The highest BCUT2D eigenvalue weighted by Gasteiger charge is 2.28. The largest absolute Gasteiger partial charge is 0.349 e. The lowest BCUT2D eigenvalue weighted by atomic mass is 9.79. The number of hydrogen-bond donors (Lipinski definition) is 1. The molecule has 1 aromatic carbocycles. The van der Waals surface area contributed by atoms with Gasteiger partial charge in [0.2, 0.25) is 5.91 Å². The Balaban J connectivity index is 2.20. The number of fused-ring (bicyclic) bond motifs is 1. The summed E-state index contributed by atoms with van der Waals surface area (Å²) in [6.45, 7) is 6.12. The van der Waals surface area contributed by atoms with E-state index in [1.54, 1.807) is 0 Å². The van der Waals surface area contributed by atoms with Crippen molar-refractivity contribution in [2.24, 2.45) is 0 Å². The lowest BCUT2D eigenvalue weighted by Crippen LogP contribution is -2.36. The molecule has 1 aliphatic rings. The molecule has 0 heterocycles. The molecular formula is C13H17NO. The summed E-state index contributed by atoms with van der Waals surface area (Å²) in [5, 5.41) is 3.04. The highest BCUT2D eigenvalue weighted by atomic mass is 16.1. The van der Waals surface area contributed by atoms with Gasteiger partial charge in [-0.2, -0.15) is 0 Å². The average molecular weight is 203 g/mol. The van der Waals surface area contributed by atoms with Gasteiger partial charge in [0.05, 0.1) is 6.04 Å². The SMILES string of the molecule is CCC(=O)N[C@H]1Cc2cc(C)cc(C)c21. The molecule has 2 heteroatoms. The van der Waals surface area contributed by atoms with Crippen LogP contribution in [0.4, 0.5) is 0 Å². The first-order chi connectivity index (χ1) is 7.11. The third-order valence-electron chi connectivity index (χ3n) is 3.05. The Bertz CT molecular complexity index is 392. The van der Waals surface area contributed by atoms with Gasteiger partial charge in [0, 0.05) is 6.42 Å². The maximum atomic E-state index is 11.3. The topological polar surface area (TPSA) is 29.1 Å². The first kappa shape index (κ1) is 10.2. The summed E-state index contributed by atoms with van der Waals surface area (Å²) in [4.78, 5) is 11.3. The molecule has 1 aromatic rings. The Morgan fingerprint density at radius 3 is 2.80 bits per heavy atom. The van der Waals surface area contributed by atoms with Crippen molar-refractivity contribution in [1.29, 1.82) is 0 Å². The second-order valence-electron chi connectivity index (χ2n) is 4.33. The van der Waals surface area contributed by atoms with Crippen molar-refractivity contribution in [2.45, 2.75) is 39.7 Å². The maximum absolute atomic E-state index is 11.3. The monoisotopic (exact) mass is 203 g/mol. The Hall–Kier alpha value is -1.31. The van der Waals surface area contributed by atoms with E-state index in [-0.39, 0.29) is 11.9 Å². The normalized spacial score (nSPS) is 17.9. The van der Waals surface area contributed by atoms with Gasteiger partial charge in [-0.1, -0.05) is 24.6 Å². The van der Waals surface area contributed by atoms with Crippen LogP contribution in [-0.2, 0) is 11.2 Å². The third-order valence-corrected chi connectivity index (χ3v) is 3.05. The van der Waals surface area contributed by atoms with E-state index < -0.39 is 0 Å². The van der Waals surface area contributed by atoms with E-state index in [9.17, 15) is 4.79 Å². The number of amides is 1. The van der Waals surface area contributed by atoms with Crippen molar-refractivity contribution < 1.29 is 4.79 Å². The summed E-state index contributed by atoms with van der Waals surface area (Å²) in [6, 6.07) is 4.66. The molecule has 1 amide bonds. The number of aryl methyl sites for hydroxylation is 2. The predicted octanol–water partition coefficient (Wildman–Crippen LogP) is 2.43. The molecule has 0 spiro atoms. The fourth-order valence-electron chi connectivity index (χ4n) is 2.34. The van der Waals surface area contributed by atoms with Gasteiger partial charge in [0.25, 0.3) is 0 Å². The fourth-order valence-corrected chi connectivity index (χ4v) is 2.34. The van der Waals surface area contributed by atoms with E-state index in [0.29, 0.717) is 6.42 Å². The van der Waals surface area contributed by atoms with Gasteiger partial charge < -0.3 is 5.32 Å². The van der Waals surface area contributed by atoms with Crippen LogP contribution in [0.15, 0.2) is 12.1 Å². The van der Waals surface area contributed by atoms with Crippen molar-refractivity contribution >= 4 is 5.91 Å². The number of nitrogens with one attached hydrogen (secondary N) is 1. The first-order valence-corrected chi connectivity index (χ1v) is 5.51. The minimum atomic E-state index is 0.144. The van der Waals surface area contributed by atoms with Crippen LogP contribution in [0.25, 0.3) is 0 Å². The number of hydrogen-bond acceptors (Lipinski definition) is 1. The lowest BCUT2D eigenvalue weighted by molar-refractivity contribution is -0.121.